The number of carbonyl (C=O) groups is 1. The monoisotopic (exact) mass is 364 g/mol. The van der Waals surface area contributed by atoms with Gasteiger partial charge in [0, 0.05) is 45.5 Å². The molecular weight excluding hydrogens is 332 g/mol. The molecule has 25 heavy (non-hydrogen) atoms. The number of hydrogen-bond acceptors (Lipinski definition) is 5. The van der Waals surface area contributed by atoms with Crippen molar-refractivity contribution in [3.05, 3.63) is 23.9 Å². The van der Waals surface area contributed by atoms with Gasteiger partial charge in [-0.3, -0.25) is 9.69 Å². The van der Waals surface area contributed by atoms with Crippen LogP contribution in [0.2, 0.25) is 18.1 Å². The van der Waals surface area contributed by atoms with Crippen LogP contribution in [0.25, 0.3) is 0 Å². The van der Waals surface area contributed by atoms with Crippen molar-refractivity contribution >= 4 is 20.0 Å². The number of pyridine rings is 1. The highest BCUT2D eigenvalue weighted by Crippen LogP contribution is 2.36. The van der Waals surface area contributed by atoms with E-state index >= 15 is 0 Å². The van der Waals surface area contributed by atoms with E-state index in [1.54, 1.807) is 18.3 Å². The first-order valence-electron chi connectivity index (χ1n) is 8.97. The van der Waals surface area contributed by atoms with Gasteiger partial charge in [0.2, 0.25) is 0 Å². The molecular formula is C18H32N4O2Si. The fourth-order valence-electron chi connectivity index (χ4n) is 2.54. The summed E-state index contributed by atoms with van der Waals surface area (Å²) in [7, 11) is -1.68. The zero-order valence-corrected chi connectivity index (χ0v) is 17.2. The van der Waals surface area contributed by atoms with Crippen molar-refractivity contribution in [2.75, 3.05) is 45.1 Å². The van der Waals surface area contributed by atoms with Crippen LogP contribution < -0.4 is 5.73 Å². The van der Waals surface area contributed by atoms with Gasteiger partial charge in [0.15, 0.2) is 8.32 Å². The number of rotatable bonds is 5. The van der Waals surface area contributed by atoms with Crippen LogP contribution in [0.3, 0.4) is 0 Å². The number of carbonyl (C=O) groups excluding carboxylic acids is 1. The van der Waals surface area contributed by atoms with Crippen LogP contribution >= 0.6 is 0 Å². The molecule has 0 aromatic carbocycles. The Hall–Kier alpha value is -1.44. The molecule has 2 N–H and O–H groups in total. The van der Waals surface area contributed by atoms with Gasteiger partial charge in [0.05, 0.1) is 5.56 Å². The molecule has 0 spiro atoms. The number of piperazine rings is 1. The third-order valence-electron chi connectivity index (χ3n) is 5.37. The lowest BCUT2D eigenvalue weighted by Crippen LogP contribution is -2.50. The summed E-state index contributed by atoms with van der Waals surface area (Å²) in [5, 5.41) is 0.241. The fraction of sp³-hybridized carbons (Fsp3) is 0.667. The van der Waals surface area contributed by atoms with Crippen LogP contribution in [0, 0.1) is 0 Å². The first kappa shape index (κ1) is 19.9. The predicted octanol–water partition coefficient (Wildman–Crippen LogP) is 2.44. The van der Waals surface area contributed by atoms with Crippen molar-refractivity contribution in [1.29, 1.82) is 0 Å². The standard InChI is InChI=1S/C18H32N4O2Si/c1-18(2,3)25(4,5)24-13-12-21-8-10-22(11-9-21)17(23)15-6-7-16(19)20-14-15/h6-7,14H,8-13H2,1-5H3,(H2,19,20). The quantitative estimate of drug-likeness (QED) is 0.813. The van der Waals surface area contributed by atoms with E-state index in [0.29, 0.717) is 11.4 Å². The Kier molecular flexibility index (Phi) is 6.24. The highest BCUT2D eigenvalue weighted by Gasteiger charge is 2.37. The van der Waals surface area contributed by atoms with Crippen molar-refractivity contribution in [3.63, 3.8) is 0 Å². The molecule has 1 saturated heterocycles. The second-order valence-corrected chi connectivity index (χ2v) is 13.0. The Bertz CT molecular complexity index is 576. The number of anilines is 1. The van der Waals surface area contributed by atoms with Crippen LogP contribution in [-0.2, 0) is 4.43 Å². The summed E-state index contributed by atoms with van der Waals surface area (Å²) < 4.78 is 6.25. The Labute approximate surface area is 152 Å². The van der Waals surface area contributed by atoms with E-state index in [4.69, 9.17) is 10.2 Å². The van der Waals surface area contributed by atoms with Gasteiger partial charge in [-0.05, 0) is 30.3 Å². The summed E-state index contributed by atoms with van der Waals surface area (Å²) in [6.45, 7) is 16.3. The zero-order chi connectivity index (χ0) is 18.7. The number of hydrogen-bond donors (Lipinski definition) is 1. The van der Waals surface area contributed by atoms with Crippen molar-refractivity contribution < 1.29 is 9.22 Å². The van der Waals surface area contributed by atoms with E-state index in [0.717, 1.165) is 39.3 Å². The first-order chi connectivity index (χ1) is 11.6. The lowest BCUT2D eigenvalue weighted by Gasteiger charge is -2.38. The van der Waals surface area contributed by atoms with Gasteiger partial charge in [-0.15, -0.1) is 0 Å². The highest BCUT2D eigenvalue weighted by molar-refractivity contribution is 6.74. The van der Waals surface area contributed by atoms with Crippen LogP contribution in [0.5, 0.6) is 0 Å². The summed E-state index contributed by atoms with van der Waals surface area (Å²) in [6, 6.07) is 3.41. The van der Waals surface area contributed by atoms with Gasteiger partial charge in [0.1, 0.15) is 5.82 Å². The van der Waals surface area contributed by atoms with Gasteiger partial charge < -0.3 is 15.1 Å². The number of amides is 1. The molecule has 140 valence electrons. The topological polar surface area (TPSA) is 71.7 Å². The van der Waals surface area contributed by atoms with Gasteiger partial charge in [-0.25, -0.2) is 4.98 Å². The fourth-order valence-corrected chi connectivity index (χ4v) is 3.57. The molecule has 2 rings (SSSR count). The molecule has 1 aliphatic rings. The highest BCUT2D eigenvalue weighted by atomic mass is 28.4. The summed E-state index contributed by atoms with van der Waals surface area (Å²) >= 11 is 0. The SMILES string of the molecule is CC(C)(C)[Si](C)(C)OCCN1CCN(C(=O)c2ccc(N)nc2)CC1. The molecule has 1 fully saturated rings. The zero-order valence-electron chi connectivity index (χ0n) is 16.2. The van der Waals surface area contributed by atoms with Gasteiger partial charge in [-0.1, -0.05) is 20.8 Å². The minimum absolute atomic E-state index is 0.0321. The largest absolute Gasteiger partial charge is 0.416 e. The Morgan fingerprint density at radius 3 is 2.40 bits per heavy atom. The van der Waals surface area contributed by atoms with Crippen LogP contribution in [0.15, 0.2) is 18.3 Å². The van der Waals surface area contributed by atoms with E-state index in [-0.39, 0.29) is 10.9 Å². The number of nitrogen functional groups attached to an aromatic ring is 1. The third-order valence-corrected chi connectivity index (χ3v) is 9.91. The number of nitrogens with zero attached hydrogens (tertiary/aromatic N) is 3. The molecule has 0 atom stereocenters. The molecule has 1 amide bonds. The summed E-state index contributed by atoms with van der Waals surface area (Å²) in [6.07, 6.45) is 1.55. The maximum Gasteiger partial charge on any atom is 0.255 e. The van der Waals surface area contributed by atoms with E-state index < -0.39 is 8.32 Å². The summed E-state index contributed by atoms with van der Waals surface area (Å²) in [4.78, 5) is 20.7. The third kappa shape index (κ3) is 5.26. The Balaban J connectivity index is 1.76. The van der Waals surface area contributed by atoms with E-state index in [9.17, 15) is 4.79 Å². The molecule has 0 bridgehead atoms. The number of aromatic nitrogens is 1. The van der Waals surface area contributed by atoms with Crippen molar-refractivity contribution in [3.8, 4) is 0 Å². The lowest BCUT2D eigenvalue weighted by atomic mass is 10.2. The smallest absolute Gasteiger partial charge is 0.255 e. The minimum atomic E-state index is -1.68. The van der Waals surface area contributed by atoms with Crippen LogP contribution in [-0.4, -0.2) is 68.3 Å². The minimum Gasteiger partial charge on any atom is -0.416 e. The molecule has 2 heterocycles. The Morgan fingerprint density at radius 2 is 1.88 bits per heavy atom. The van der Waals surface area contributed by atoms with Gasteiger partial charge in [-0.2, -0.15) is 0 Å². The second kappa shape index (κ2) is 7.84. The van der Waals surface area contributed by atoms with E-state index in [1.165, 1.54) is 0 Å². The lowest BCUT2D eigenvalue weighted by molar-refractivity contribution is 0.0617. The molecule has 6 nitrogen and oxygen atoms in total. The molecule has 7 heteroatoms. The molecule has 0 aliphatic carbocycles. The average Bonchev–Trinajstić information content (AvgIpc) is 2.54. The van der Waals surface area contributed by atoms with Gasteiger partial charge >= 0.3 is 0 Å². The van der Waals surface area contributed by atoms with E-state index in [2.05, 4.69) is 43.7 Å². The second-order valence-electron chi connectivity index (χ2n) is 8.21. The summed E-state index contributed by atoms with van der Waals surface area (Å²) in [5.74, 6) is 0.466. The Morgan fingerprint density at radius 1 is 1.24 bits per heavy atom. The number of nitrogens with two attached hydrogens (primary N) is 1. The average molecular weight is 365 g/mol. The van der Waals surface area contributed by atoms with Crippen molar-refractivity contribution in [2.24, 2.45) is 0 Å². The molecule has 0 unspecified atom stereocenters. The van der Waals surface area contributed by atoms with Crippen molar-refractivity contribution in [1.82, 2.24) is 14.8 Å². The molecule has 1 aromatic heterocycles. The molecule has 1 aromatic rings. The maximum atomic E-state index is 12.5. The van der Waals surface area contributed by atoms with Crippen LogP contribution in [0.4, 0.5) is 5.82 Å². The maximum absolute atomic E-state index is 12.5. The van der Waals surface area contributed by atoms with Crippen molar-refractivity contribution in [2.45, 2.75) is 38.9 Å². The predicted molar refractivity (Wildman–Crippen MR) is 104 cm³/mol. The van der Waals surface area contributed by atoms with E-state index in [1.807, 2.05) is 4.90 Å². The molecule has 0 radical (unpaired) electrons. The first-order valence-corrected chi connectivity index (χ1v) is 11.9. The molecule has 0 saturated carbocycles. The van der Waals surface area contributed by atoms with Crippen LogP contribution in [0.1, 0.15) is 31.1 Å². The van der Waals surface area contributed by atoms with Gasteiger partial charge in [0.25, 0.3) is 5.91 Å². The summed E-state index contributed by atoms with van der Waals surface area (Å²) in [5.41, 5.74) is 6.18. The normalized spacial score (nSPS) is 16.9. The molecule has 1 aliphatic heterocycles.